The molecule has 3 aromatic rings. The van der Waals surface area contributed by atoms with E-state index in [4.69, 9.17) is 14.2 Å². The first-order chi connectivity index (χ1) is 17.0. The molecule has 1 amide bonds. The van der Waals surface area contributed by atoms with Crippen molar-refractivity contribution in [2.45, 2.75) is 26.8 Å². The van der Waals surface area contributed by atoms with Crippen molar-refractivity contribution in [2.24, 2.45) is 0 Å². The lowest BCUT2D eigenvalue weighted by Crippen LogP contribution is -2.44. The SMILES string of the molecule is CCOc1ccc(C(CNC(=O)c2c(C)nn(-c3ccccc3)c2C)N2CCOCC2)cc1OC. The minimum atomic E-state index is -0.127. The minimum Gasteiger partial charge on any atom is -0.493 e. The maximum absolute atomic E-state index is 13.4. The number of benzene rings is 2. The van der Waals surface area contributed by atoms with Gasteiger partial charge in [0.05, 0.1) is 55.6 Å². The molecule has 1 N–H and O–H groups in total. The highest BCUT2D eigenvalue weighted by Crippen LogP contribution is 2.32. The highest BCUT2D eigenvalue weighted by atomic mass is 16.5. The molecule has 0 saturated carbocycles. The van der Waals surface area contributed by atoms with Gasteiger partial charge < -0.3 is 19.5 Å². The summed E-state index contributed by atoms with van der Waals surface area (Å²) < 4.78 is 18.7. The minimum absolute atomic E-state index is 0.0304. The molecule has 2 heterocycles. The summed E-state index contributed by atoms with van der Waals surface area (Å²) in [7, 11) is 1.64. The largest absolute Gasteiger partial charge is 0.493 e. The molecule has 8 nitrogen and oxygen atoms in total. The molecule has 186 valence electrons. The van der Waals surface area contributed by atoms with Gasteiger partial charge in [0.1, 0.15) is 0 Å². The van der Waals surface area contributed by atoms with Crippen LogP contribution in [0.25, 0.3) is 5.69 Å². The molecule has 1 atom stereocenters. The summed E-state index contributed by atoms with van der Waals surface area (Å²) in [5, 5.41) is 7.80. The third-order valence-corrected chi connectivity index (χ3v) is 6.33. The Morgan fingerprint density at radius 3 is 2.54 bits per heavy atom. The number of carbonyl (C=O) groups is 1. The second-order valence-electron chi connectivity index (χ2n) is 8.51. The van der Waals surface area contributed by atoms with E-state index in [0.29, 0.717) is 49.1 Å². The van der Waals surface area contributed by atoms with Crippen molar-refractivity contribution in [1.82, 2.24) is 20.0 Å². The zero-order valence-corrected chi connectivity index (χ0v) is 20.9. The Bertz CT molecular complexity index is 1140. The number of hydrogen-bond acceptors (Lipinski definition) is 6. The maximum Gasteiger partial charge on any atom is 0.255 e. The number of para-hydroxylation sites is 1. The van der Waals surface area contributed by atoms with Gasteiger partial charge in [-0.1, -0.05) is 24.3 Å². The molecule has 0 bridgehead atoms. The molecule has 1 aliphatic rings. The molecule has 2 aromatic carbocycles. The first-order valence-corrected chi connectivity index (χ1v) is 12.1. The zero-order valence-electron chi connectivity index (χ0n) is 20.9. The Kier molecular flexibility index (Phi) is 8.05. The van der Waals surface area contributed by atoms with E-state index in [2.05, 4.69) is 15.3 Å². The third kappa shape index (κ3) is 5.49. The van der Waals surface area contributed by atoms with Crippen LogP contribution in [0.2, 0.25) is 0 Å². The summed E-state index contributed by atoms with van der Waals surface area (Å²) in [6.45, 7) is 9.68. The van der Waals surface area contributed by atoms with Gasteiger partial charge in [-0.25, -0.2) is 4.68 Å². The molecule has 1 fully saturated rings. The molecule has 35 heavy (non-hydrogen) atoms. The Morgan fingerprint density at radius 2 is 1.86 bits per heavy atom. The van der Waals surface area contributed by atoms with E-state index in [1.165, 1.54) is 0 Å². The van der Waals surface area contributed by atoms with Crippen LogP contribution in [0.5, 0.6) is 11.5 Å². The summed E-state index contributed by atoms with van der Waals surface area (Å²) >= 11 is 0. The maximum atomic E-state index is 13.4. The van der Waals surface area contributed by atoms with Crippen LogP contribution in [0, 0.1) is 13.8 Å². The highest BCUT2D eigenvalue weighted by molar-refractivity contribution is 5.96. The van der Waals surface area contributed by atoms with Crippen molar-refractivity contribution in [3.05, 3.63) is 71.0 Å². The molecule has 1 aromatic heterocycles. The van der Waals surface area contributed by atoms with Crippen molar-refractivity contribution in [2.75, 3.05) is 46.6 Å². The van der Waals surface area contributed by atoms with E-state index in [0.717, 1.165) is 30.0 Å². The Labute approximate surface area is 206 Å². The van der Waals surface area contributed by atoms with Gasteiger partial charge >= 0.3 is 0 Å². The van der Waals surface area contributed by atoms with Crippen molar-refractivity contribution in [3.63, 3.8) is 0 Å². The molecule has 1 aliphatic heterocycles. The fraction of sp³-hybridized carbons (Fsp3) is 0.407. The molecule has 1 unspecified atom stereocenters. The fourth-order valence-corrected chi connectivity index (χ4v) is 4.58. The van der Waals surface area contributed by atoms with Crippen LogP contribution >= 0.6 is 0 Å². The number of methoxy groups -OCH3 is 1. The lowest BCUT2D eigenvalue weighted by molar-refractivity contribution is 0.0162. The number of ether oxygens (including phenoxy) is 3. The summed E-state index contributed by atoms with van der Waals surface area (Å²) in [6.07, 6.45) is 0. The molecule has 1 saturated heterocycles. The molecular formula is C27H34N4O4. The topological polar surface area (TPSA) is 77.9 Å². The van der Waals surface area contributed by atoms with E-state index in [9.17, 15) is 4.79 Å². The van der Waals surface area contributed by atoms with Gasteiger partial charge in [0.2, 0.25) is 0 Å². The van der Waals surface area contributed by atoms with Gasteiger partial charge in [0.15, 0.2) is 11.5 Å². The van der Waals surface area contributed by atoms with Crippen molar-refractivity contribution >= 4 is 5.91 Å². The Hall–Kier alpha value is -3.36. The highest BCUT2D eigenvalue weighted by Gasteiger charge is 2.26. The van der Waals surface area contributed by atoms with E-state index >= 15 is 0 Å². The monoisotopic (exact) mass is 478 g/mol. The van der Waals surface area contributed by atoms with Gasteiger partial charge in [-0.3, -0.25) is 9.69 Å². The van der Waals surface area contributed by atoms with Crippen LogP contribution in [-0.4, -0.2) is 67.2 Å². The molecule has 4 rings (SSSR count). The molecule has 0 spiro atoms. The van der Waals surface area contributed by atoms with Crippen LogP contribution in [0.1, 0.15) is 40.3 Å². The van der Waals surface area contributed by atoms with Crippen LogP contribution < -0.4 is 14.8 Å². The number of nitrogens with one attached hydrogen (secondary N) is 1. The smallest absolute Gasteiger partial charge is 0.255 e. The van der Waals surface area contributed by atoms with E-state index < -0.39 is 0 Å². The Balaban J connectivity index is 1.57. The summed E-state index contributed by atoms with van der Waals surface area (Å²) in [5.74, 6) is 1.27. The average molecular weight is 479 g/mol. The van der Waals surface area contributed by atoms with Gasteiger partial charge in [0.25, 0.3) is 5.91 Å². The first kappa shape index (κ1) is 24.8. The summed E-state index contributed by atoms with van der Waals surface area (Å²) in [6, 6.07) is 15.8. The van der Waals surface area contributed by atoms with E-state index in [1.807, 2.05) is 74.0 Å². The quantitative estimate of drug-likeness (QED) is 0.505. The number of nitrogens with zero attached hydrogens (tertiary/aromatic N) is 3. The predicted molar refractivity (Wildman–Crippen MR) is 135 cm³/mol. The van der Waals surface area contributed by atoms with Crippen molar-refractivity contribution < 1.29 is 19.0 Å². The zero-order chi connectivity index (χ0) is 24.8. The predicted octanol–water partition coefficient (Wildman–Crippen LogP) is 3.70. The number of hydrogen-bond donors (Lipinski definition) is 1. The molecule has 8 heteroatoms. The van der Waals surface area contributed by atoms with E-state index in [-0.39, 0.29) is 11.9 Å². The number of rotatable bonds is 9. The standard InChI is InChI=1S/C27H34N4O4/c1-5-35-24-12-11-21(17-25(24)33-4)23(30-13-15-34-16-14-30)18-28-27(32)26-19(2)29-31(20(26)3)22-9-7-6-8-10-22/h6-12,17,23H,5,13-16,18H2,1-4H3,(H,28,32). The van der Waals surface area contributed by atoms with Gasteiger partial charge in [-0.2, -0.15) is 5.10 Å². The third-order valence-electron chi connectivity index (χ3n) is 6.33. The molecule has 0 aliphatic carbocycles. The van der Waals surface area contributed by atoms with Crippen LogP contribution in [-0.2, 0) is 4.74 Å². The van der Waals surface area contributed by atoms with Crippen molar-refractivity contribution in [3.8, 4) is 17.2 Å². The van der Waals surface area contributed by atoms with Crippen LogP contribution in [0.3, 0.4) is 0 Å². The number of morpholine rings is 1. The fourth-order valence-electron chi connectivity index (χ4n) is 4.58. The number of amides is 1. The lowest BCUT2D eigenvalue weighted by atomic mass is 10.0. The lowest BCUT2D eigenvalue weighted by Gasteiger charge is -2.35. The summed E-state index contributed by atoms with van der Waals surface area (Å²) in [4.78, 5) is 15.7. The normalized spacial score (nSPS) is 15.0. The second-order valence-corrected chi connectivity index (χ2v) is 8.51. The Morgan fingerprint density at radius 1 is 1.11 bits per heavy atom. The van der Waals surface area contributed by atoms with Gasteiger partial charge in [-0.05, 0) is 50.6 Å². The second kappa shape index (κ2) is 11.4. The van der Waals surface area contributed by atoms with Gasteiger partial charge in [0, 0.05) is 19.6 Å². The molecular weight excluding hydrogens is 444 g/mol. The van der Waals surface area contributed by atoms with Crippen LogP contribution in [0.4, 0.5) is 0 Å². The first-order valence-electron chi connectivity index (χ1n) is 12.1. The van der Waals surface area contributed by atoms with Crippen LogP contribution in [0.15, 0.2) is 48.5 Å². The van der Waals surface area contributed by atoms with Gasteiger partial charge in [-0.15, -0.1) is 0 Å². The number of aromatic nitrogens is 2. The van der Waals surface area contributed by atoms with Crippen molar-refractivity contribution in [1.29, 1.82) is 0 Å². The average Bonchev–Trinajstić information content (AvgIpc) is 3.19. The number of carbonyl (C=O) groups excluding carboxylic acids is 1. The van der Waals surface area contributed by atoms with E-state index in [1.54, 1.807) is 7.11 Å². The summed E-state index contributed by atoms with van der Waals surface area (Å²) in [5.41, 5.74) is 4.12. The molecule has 0 radical (unpaired) electrons. The number of aryl methyl sites for hydroxylation is 1.